The molecule has 2 aromatic heterocycles. The van der Waals surface area contributed by atoms with Gasteiger partial charge >= 0.3 is 0 Å². The molecular weight excluding hydrogens is 270 g/mol. The zero-order chi connectivity index (χ0) is 13.9. The molecule has 0 aromatic carbocycles. The standard InChI is InChI=1S/C15H21N3OS/c1-10-5-3-2-4-6-11(10)16-9-13-17-12-7-8-20-14(12)15(19)18-13/h7-8,10-11,16H,2-6,9H2,1H3,(H,17,18,19). The van der Waals surface area contributed by atoms with E-state index in [-0.39, 0.29) is 5.56 Å². The van der Waals surface area contributed by atoms with Crippen LogP contribution in [0.3, 0.4) is 0 Å². The van der Waals surface area contributed by atoms with Gasteiger partial charge in [0, 0.05) is 6.04 Å². The van der Waals surface area contributed by atoms with Gasteiger partial charge < -0.3 is 10.3 Å². The maximum absolute atomic E-state index is 11.9. The van der Waals surface area contributed by atoms with Crippen molar-refractivity contribution in [1.29, 1.82) is 0 Å². The highest BCUT2D eigenvalue weighted by molar-refractivity contribution is 7.17. The summed E-state index contributed by atoms with van der Waals surface area (Å²) in [6.45, 7) is 2.97. The Bertz CT molecular complexity index is 633. The van der Waals surface area contributed by atoms with Crippen molar-refractivity contribution in [3.05, 3.63) is 27.6 Å². The van der Waals surface area contributed by atoms with Gasteiger partial charge in [0.1, 0.15) is 10.5 Å². The minimum atomic E-state index is -0.0179. The molecule has 1 aliphatic rings. The Hall–Kier alpha value is -1.20. The van der Waals surface area contributed by atoms with Crippen molar-refractivity contribution >= 4 is 21.6 Å². The summed E-state index contributed by atoms with van der Waals surface area (Å²) in [6.07, 6.45) is 6.51. The van der Waals surface area contributed by atoms with Crippen LogP contribution in [0.25, 0.3) is 10.2 Å². The molecule has 4 nitrogen and oxygen atoms in total. The van der Waals surface area contributed by atoms with E-state index in [1.54, 1.807) is 0 Å². The molecule has 2 atom stereocenters. The second kappa shape index (κ2) is 6.06. The fourth-order valence-electron chi connectivity index (χ4n) is 3.03. The first-order valence-electron chi connectivity index (χ1n) is 7.44. The van der Waals surface area contributed by atoms with Crippen LogP contribution in [0.4, 0.5) is 0 Å². The molecule has 0 amide bonds. The molecule has 2 unspecified atom stereocenters. The van der Waals surface area contributed by atoms with Gasteiger partial charge in [-0.1, -0.05) is 26.2 Å². The molecule has 1 aliphatic carbocycles. The number of H-pyrrole nitrogens is 1. The first kappa shape index (κ1) is 13.8. The van der Waals surface area contributed by atoms with Gasteiger partial charge in [0.2, 0.25) is 0 Å². The summed E-state index contributed by atoms with van der Waals surface area (Å²) in [5.41, 5.74) is 0.792. The van der Waals surface area contributed by atoms with Crippen molar-refractivity contribution in [3.8, 4) is 0 Å². The summed E-state index contributed by atoms with van der Waals surface area (Å²) in [6, 6.07) is 2.45. The predicted octanol–water partition coefficient (Wildman–Crippen LogP) is 3.04. The lowest BCUT2D eigenvalue weighted by Crippen LogP contribution is -2.34. The van der Waals surface area contributed by atoms with E-state index in [0.29, 0.717) is 18.5 Å². The number of fused-ring (bicyclic) bond motifs is 1. The smallest absolute Gasteiger partial charge is 0.268 e. The fraction of sp³-hybridized carbons (Fsp3) is 0.600. The molecule has 0 bridgehead atoms. The molecule has 3 rings (SSSR count). The van der Waals surface area contributed by atoms with E-state index in [0.717, 1.165) is 16.0 Å². The summed E-state index contributed by atoms with van der Waals surface area (Å²) in [4.78, 5) is 19.3. The molecule has 5 heteroatoms. The number of rotatable bonds is 3. The maximum atomic E-state index is 11.9. The highest BCUT2D eigenvalue weighted by Crippen LogP contribution is 2.23. The third-order valence-corrected chi connectivity index (χ3v) is 5.16. The maximum Gasteiger partial charge on any atom is 0.268 e. The van der Waals surface area contributed by atoms with Crippen molar-refractivity contribution in [2.45, 2.75) is 51.6 Å². The monoisotopic (exact) mass is 291 g/mol. The molecule has 20 heavy (non-hydrogen) atoms. The highest BCUT2D eigenvalue weighted by Gasteiger charge is 2.19. The largest absolute Gasteiger partial charge is 0.308 e. The number of aromatic amines is 1. The lowest BCUT2D eigenvalue weighted by molar-refractivity contribution is 0.353. The number of nitrogens with zero attached hydrogens (tertiary/aromatic N) is 1. The predicted molar refractivity (Wildman–Crippen MR) is 83.1 cm³/mol. The molecule has 108 valence electrons. The van der Waals surface area contributed by atoms with Gasteiger partial charge in [-0.05, 0) is 30.2 Å². The quantitative estimate of drug-likeness (QED) is 0.855. The molecule has 2 N–H and O–H groups in total. The van der Waals surface area contributed by atoms with Crippen LogP contribution in [0.15, 0.2) is 16.2 Å². The van der Waals surface area contributed by atoms with E-state index in [1.165, 1.54) is 43.4 Å². The van der Waals surface area contributed by atoms with Crippen LogP contribution in [0.2, 0.25) is 0 Å². The lowest BCUT2D eigenvalue weighted by Gasteiger charge is -2.22. The third kappa shape index (κ3) is 2.94. The SMILES string of the molecule is CC1CCCCCC1NCc1nc2ccsc2c(=O)[nH]1. The minimum absolute atomic E-state index is 0.0179. The van der Waals surface area contributed by atoms with Crippen LogP contribution in [0.5, 0.6) is 0 Å². The summed E-state index contributed by atoms with van der Waals surface area (Å²) < 4.78 is 0.719. The van der Waals surface area contributed by atoms with Crippen molar-refractivity contribution < 1.29 is 0 Å². The van der Waals surface area contributed by atoms with Crippen molar-refractivity contribution in [2.75, 3.05) is 0 Å². The minimum Gasteiger partial charge on any atom is -0.308 e. The molecule has 0 spiro atoms. The Morgan fingerprint density at radius 1 is 1.40 bits per heavy atom. The van der Waals surface area contributed by atoms with Gasteiger partial charge in [0.25, 0.3) is 5.56 Å². The molecule has 0 radical (unpaired) electrons. The number of hydrogen-bond acceptors (Lipinski definition) is 4. The molecule has 0 saturated heterocycles. The first-order chi connectivity index (χ1) is 9.74. The highest BCUT2D eigenvalue weighted by atomic mass is 32.1. The van der Waals surface area contributed by atoms with Crippen LogP contribution in [0, 0.1) is 5.92 Å². The zero-order valence-corrected chi connectivity index (χ0v) is 12.6. The Balaban J connectivity index is 1.71. The molecule has 2 aromatic rings. The van der Waals surface area contributed by atoms with Crippen LogP contribution in [0.1, 0.15) is 44.9 Å². The molecule has 2 heterocycles. The summed E-state index contributed by atoms with van der Waals surface area (Å²) in [5.74, 6) is 1.45. The second-order valence-corrected chi connectivity index (χ2v) is 6.67. The summed E-state index contributed by atoms with van der Waals surface area (Å²) in [7, 11) is 0. The Labute approximate surface area is 122 Å². The van der Waals surface area contributed by atoms with Gasteiger partial charge in [-0.2, -0.15) is 0 Å². The van der Waals surface area contributed by atoms with Crippen molar-refractivity contribution in [3.63, 3.8) is 0 Å². The van der Waals surface area contributed by atoms with Crippen LogP contribution in [-0.2, 0) is 6.54 Å². The Morgan fingerprint density at radius 3 is 3.15 bits per heavy atom. The number of thiophene rings is 1. The molecule has 1 saturated carbocycles. The van der Waals surface area contributed by atoms with Gasteiger partial charge in [-0.3, -0.25) is 4.79 Å². The summed E-state index contributed by atoms with van der Waals surface area (Å²) >= 11 is 1.45. The number of hydrogen-bond donors (Lipinski definition) is 2. The van der Waals surface area contributed by atoms with Crippen LogP contribution in [-0.4, -0.2) is 16.0 Å². The number of aromatic nitrogens is 2. The van der Waals surface area contributed by atoms with E-state index in [9.17, 15) is 4.79 Å². The first-order valence-corrected chi connectivity index (χ1v) is 8.32. The average molecular weight is 291 g/mol. The van der Waals surface area contributed by atoms with E-state index >= 15 is 0 Å². The molecule has 1 fully saturated rings. The van der Waals surface area contributed by atoms with Gasteiger partial charge in [-0.25, -0.2) is 4.98 Å². The summed E-state index contributed by atoms with van der Waals surface area (Å²) in [5, 5.41) is 5.50. The lowest BCUT2D eigenvalue weighted by atomic mass is 9.97. The Kier molecular flexibility index (Phi) is 4.17. The fourth-order valence-corrected chi connectivity index (χ4v) is 3.75. The molecular formula is C15H21N3OS. The average Bonchev–Trinajstić information content (AvgIpc) is 2.81. The van der Waals surface area contributed by atoms with Crippen LogP contribution < -0.4 is 10.9 Å². The zero-order valence-electron chi connectivity index (χ0n) is 11.8. The van der Waals surface area contributed by atoms with Gasteiger partial charge in [0.15, 0.2) is 0 Å². The van der Waals surface area contributed by atoms with E-state index in [4.69, 9.17) is 0 Å². The van der Waals surface area contributed by atoms with E-state index in [2.05, 4.69) is 22.2 Å². The molecule has 0 aliphatic heterocycles. The van der Waals surface area contributed by atoms with Crippen molar-refractivity contribution in [2.24, 2.45) is 5.92 Å². The van der Waals surface area contributed by atoms with Gasteiger partial charge in [-0.15, -0.1) is 11.3 Å². The Morgan fingerprint density at radius 2 is 2.25 bits per heavy atom. The van der Waals surface area contributed by atoms with Gasteiger partial charge in [0.05, 0.1) is 12.1 Å². The van der Waals surface area contributed by atoms with Crippen LogP contribution >= 0.6 is 11.3 Å². The third-order valence-electron chi connectivity index (χ3n) is 4.26. The van der Waals surface area contributed by atoms with Crippen molar-refractivity contribution in [1.82, 2.24) is 15.3 Å². The normalized spacial score (nSPS) is 23.9. The topological polar surface area (TPSA) is 57.8 Å². The van der Waals surface area contributed by atoms with E-state index in [1.807, 2.05) is 11.4 Å². The second-order valence-electron chi connectivity index (χ2n) is 5.75. The van der Waals surface area contributed by atoms with E-state index < -0.39 is 0 Å². The number of nitrogens with one attached hydrogen (secondary N) is 2.